The number of nitrogens with zero attached hydrogens (tertiary/aromatic N) is 1. The van der Waals surface area contributed by atoms with Gasteiger partial charge in [0.1, 0.15) is 0 Å². The van der Waals surface area contributed by atoms with Crippen molar-refractivity contribution in [2.24, 2.45) is 0 Å². The van der Waals surface area contributed by atoms with Crippen LogP contribution in [0.2, 0.25) is 0 Å². The highest BCUT2D eigenvalue weighted by Gasteiger charge is 2.17. The van der Waals surface area contributed by atoms with Crippen molar-refractivity contribution in [3.8, 4) is 11.5 Å². The summed E-state index contributed by atoms with van der Waals surface area (Å²) in [6.45, 7) is 8.31. The number of carbonyl (C=O) groups excluding carboxylic acids is 1. The number of pyridine rings is 1. The number of aromatic nitrogens is 1. The number of fused-ring (bicyclic) bond motifs is 2. The molecule has 0 atom stereocenters. The Morgan fingerprint density at radius 2 is 1.67 bits per heavy atom. The zero-order chi connectivity index (χ0) is 25.8. The van der Waals surface area contributed by atoms with Gasteiger partial charge in [-0.2, -0.15) is 0 Å². The molecule has 36 heavy (non-hydrogen) atoms. The van der Waals surface area contributed by atoms with Crippen LogP contribution in [0.4, 0.5) is 16.2 Å². The molecule has 0 aliphatic rings. The molecule has 0 bridgehead atoms. The number of ether oxygens (including phenoxy) is 3. The Hall–Kier alpha value is -4.00. The van der Waals surface area contributed by atoms with Gasteiger partial charge in [-0.15, -0.1) is 0 Å². The lowest BCUT2D eigenvalue weighted by Crippen LogP contribution is -2.31. The van der Waals surface area contributed by atoms with E-state index >= 15 is 0 Å². The van der Waals surface area contributed by atoms with E-state index in [9.17, 15) is 4.79 Å². The van der Waals surface area contributed by atoms with E-state index in [1.165, 1.54) is 11.1 Å². The van der Waals surface area contributed by atoms with Crippen molar-refractivity contribution in [1.82, 2.24) is 10.3 Å². The van der Waals surface area contributed by atoms with E-state index in [-0.39, 0.29) is 6.04 Å². The number of hydrogen-bond acceptors (Lipinski definition) is 6. The van der Waals surface area contributed by atoms with E-state index in [4.69, 9.17) is 19.2 Å². The lowest BCUT2D eigenvalue weighted by molar-refractivity contribution is 0.145. The van der Waals surface area contributed by atoms with Crippen LogP contribution in [0.15, 0.2) is 48.5 Å². The second-order valence-electron chi connectivity index (χ2n) is 9.18. The molecule has 0 fully saturated rings. The Balaban J connectivity index is 1.63. The molecule has 1 amide bonds. The van der Waals surface area contributed by atoms with Crippen LogP contribution in [0.25, 0.3) is 21.8 Å². The van der Waals surface area contributed by atoms with E-state index in [1.54, 1.807) is 14.2 Å². The first-order chi connectivity index (χ1) is 17.3. The third-order valence-corrected chi connectivity index (χ3v) is 6.13. The molecule has 0 saturated carbocycles. The van der Waals surface area contributed by atoms with Gasteiger partial charge in [-0.3, -0.25) is 0 Å². The van der Waals surface area contributed by atoms with E-state index in [0.29, 0.717) is 24.5 Å². The van der Waals surface area contributed by atoms with Gasteiger partial charge in [0.05, 0.1) is 37.5 Å². The van der Waals surface area contributed by atoms with Gasteiger partial charge in [0, 0.05) is 35.0 Å². The number of rotatable bonds is 8. The molecule has 0 radical (unpaired) electrons. The van der Waals surface area contributed by atoms with Crippen molar-refractivity contribution in [2.45, 2.75) is 40.2 Å². The summed E-state index contributed by atoms with van der Waals surface area (Å²) < 4.78 is 16.6. The molecule has 4 rings (SSSR count). The minimum absolute atomic E-state index is 0.0499. The molecule has 3 aromatic carbocycles. The Morgan fingerprint density at radius 1 is 0.944 bits per heavy atom. The van der Waals surface area contributed by atoms with Crippen LogP contribution in [0, 0.1) is 13.8 Å². The maximum Gasteiger partial charge on any atom is 0.407 e. The number of amides is 1. The first kappa shape index (κ1) is 25.1. The van der Waals surface area contributed by atoms with Crippen LogP contribution in [-0.4, -0.2) is 37.9 Å². The van der Waals surface area contributed by atoms with Crippen molar-refractivity contribution in [3.63, 3.8) is 0 Å². The zero-order valence-electron chi connectivity index (χ0n) is 21.7. The molecule has 2 N–H and O–H groups in total. The number of hydrogen-bond donors (Lipinski definition) is 2. The number of aryl methyl sites for hydroxylation is 2. The number of methoxy groups -OCH3 is 2. The second-order valence-corrected chi connectivity index (χ2v) is 9.18. The average molecular weight is 488 g/mol. The maximum absolute atomic E-state index is 11.7. The summed E-state index contributed by atoms with van der Waals surface area (Å²) >= 11 is 0. The molecule has 0 aliphatic carbocycles. The first-order valence-electron chi connectivity index (χ1n) is 12.0. The van der Waals surface area contributed by atoms with Crippen molar-refractivity contribution >= 4 is 39.3 Å². The van der Waals surface area contributed by atoms with Crippen LogP contribution < -0.4 is 20.1 Å². The molecule has 4 aromatic rings. The van der Waals surface area contributed by atoms with Gasteiger partial charge >= 0.3 is 6.09 Å². The standard InChI is InChI=1S/C29H33N3O4/c1-17(2)30-29(33)36-12-11-20-7-9-22(10-8-20)31-27-23-15-21-13-18(3)19(4)14-24(21)32-25(23)16-26(34-5)28(27)35-6/h7-10,13-17,31H,11-12H2,1-6H3,(H,30,33). The summed E-state index contributed by atoms with van der Waals surface area (Å²) in [6.07, 6.45) is 0.234. The van der Waals surface area contributed by atoms with Gasteiger partial charge < -0.3 is 24.8 Å². The van der Waals surface area contributed by atoms with Crippen LogP contribution >= 0.6 is 0 Å². The summed E-state index contributed by atoms with van der Waals surface area (Å²) in [5, 5.41) is 8.24. The number of anilines is 2. The van der Waals surface area contributed by atoms with Crippen molar-refractivity contribution in [2.75, 3.05) is 26.1 Å². The van der Waals surface area contributed by atoms with Crippen LogP contribution in [-0.2, 0) is 11.2 Å². The Labute approximate surface area is 211 Å². The molecule has 7 nitrogen and oxygen atoms in total. The number of alkyl carbamates (subject to hydrolysis) is 1. The topological polar surface area (TPSA) is 81.7 Å². The summed E-state index contributed by atoms with van der Waals surface area (Å²) in [6, 6.07) is 16.4. The van der Waals surface area contributed by atoms with E-state index < -0.39 is 6.09 Å². The number of carbonyl (C=O) groups is 1. The minimum Gasteiger partial charge on any atom is -0.493 e. The summed E-state index contributed by atoms with van der Waals surface area (Å²) in [5.41, 5.74) is 6.95. The summed E-state index contributed by atoms with van der Waals surface area (Å²) in [4.78, 5) is 16.6. The normalized spacial score (nSPS) is 11.1. The fourth-order valence-electron chi connectivity index (χ4n) is 4.12. The Morgan fingerprint density at radius 3 is 2.33 bits per heavy atom. The third kappa shape index (κ3) is 5.46. The van der Waals surface area contributed by atoms with Gasteiger partial charge in [0.15, 0.2) is 11.5 Å². The summed E-state index contributed by atoms with van der Waals surface area (Å²) in [5.74, 6) is 1.22. The fraction of sp³-hybridized carbons (Fsp3) is 0.310. The quantitative estimate of drug-likeness (QED) is 0.278. The van der Waals surface area contributed by atoms with Gasteiger partial charge in [-0.25, -0.2) is 9.78 Å². The largest absolute Gasteiger partial charge is 0.493 e. The van der Waals surface area contributed by atoms with Gasteiger partial charge in [-0.1, -0.05) is 12.1 Å². The number of nitrogens with one attached hydrogen (secondary N) is 2. The lowest BCUT2D eigenvalue weighted by Gasteiger charge is -2.18. The van der Waals surface area contributed by atoms with E-state index in [0.717, 1.165) is 38.7 Å². The molecular weight excluding hydrogens is 454 g/mol. The molecule has 0 spiro atoms. The van der Waals surface area contributed by atoms with Crippen LogP contribution in [0.1, 0.15) is 30.5 Å². The van der Waals surface area contributed by atoms with E-state index in [2.05, 4.69) is 42.7 Å². The summed E-state index contributed by atoms with van der Waals surface area (Å²) in [7, 11) is 3.26. The zero-order valence-corrected chi connectivity index (χ0v) is 21.7. The maximum atomic E-state index is 11.7. The average Bonchev–Trinajstić information content (AvgIpc) is 2.84. The molecule has 1 aromatic heterocycles. The van der Waals surface area contributed by atoms with E-state index in [1.807, 2.05) is 44.2 Å². The first-order valence-corrected chi connectivity index (χ1v) is 12.0. The molecule has 1 heterocycles. The van der Waals surface area contributed by atoms with Gasteiger partial charge in [0.2, 0.25) is 0 Å². The van der Waals surface area contributed by atoms with Gasteiger partial charge in [-0.05, 0) is 74.7 Å². The fourth-order valence-corrected chi connectivity index (χ4v) is 4.12. The molecule has 7 heteroatoms. The molecule has 0 unspecified atom stereocenters. The second kappa shape index (κ2) is 10.7. The predicted octanol–water partition coefficient (Wildman–Crippen LogP) is 6.44. The highest BCUT2D eigenvalue weighted by Crippen LogP contribution is 2.43. The highest BCUT2D eigenvalue weighted by molar-refractivity contribution is 6.04. The molecular formula is C29H33N3O4. The lowest BCUT2D eigenvalue weighted by atomic mass is 10.0. The Kier molecular flexibility index (Phi) is 7.48. The highest BCUT2D eigenvalue weighted by atomic mass is 16.5. The predicted molar refractivity (Wildman–Crippen MR) is 145 cm³/mol. The smallest absolute Gasteiger partial charge is 0.407 e. The monoisotopic (exact) mass is 487 g/mol. The van der Waals surface area contributed by atoms with Crippen LogP contribution in [0.5, 0.6) is 11.5 Å². The minimum atomic E-state index is -0.397. The SMILES string of the molecule is COc1cc2nc3cc(C)c(C)cc3cc2c(Nc2ccc(CCOC(=O)NC(C)C)cc2)c1OC. The van der Waals surface area contributed by atoms with Crippen LogP contribution in [0.3, 0.4) is 0 Å². The van der Waals surface area contributed by atoms with Crippen molar-refractivity contribution in [1.29, 1.82) is 0 Å². The van der Waals surface area contributed by atoms with Gasteiger partial charge in [0.25, 0.3) is 0 Å². The molecule has 0 aliphatic heterocycles. The number of benzene rings is 3. The molecule has 0 saturated heterocycles. The van der Waals surface area contributed by atoms with Crippen molar-refractivity contribution < 1.29 is 19.0 Å². The Bertz CT molecular complexity index is 1400. The van der Waals surface area contributed by atoms with Crippen molar-refractivity contribution in [3.05, 3.63) is 65.2 Å². The molecule has 188 valence electrons. The third-order valence-electron chi connectivity index (χ3n) is 6.13.